The van der Waals surface area contributed by atoms with Crippen molar-refractivity contribution >= 4 is 5.78 Å². The van der Waals surface area contributed by atoms with E-state index >= 15 is 0 Å². The molecular weight excluding hydrogens is 148 g/mol. The maximum atomic E-state index is 11.2. The van der Waals surface area contributed by atoms with Gasteiger partial charge in [-0.25, -0.2) is 0 Å². The molecule has 12 heavy (non-hydrogen) atoms. The van der Waals surface area contributed by atoms with Crippen molar-refractivity contribution in [2.75, 3.05) is 0 Å². The third-order valence-electron chi connectivity index (χ3n) is 2.41. The smallest absolute Gasteiger partial charge is 0.158 e. The maximum Gasteiger partial charge on any atom is 0.158 e. The van der Waals surface area contributed by atoms with Gasteiger partial charge in [-0.2, -0.15) is 0 Å². The molecule has 68 valence electrons. The van der Waals surface area contributed by atoms with Gasteiger partial charge in [0.1, 0.15) is 0 Å². The van der Waals surface area contributed by atoms with Crippen molar-refractivity contribution in [2.24, 2.45) is 0 Å². The Labute approximate surface area is 74.9 Å². The van der Waals surface area contributed by atoms with Gasteiger partial charge in [0.05, 0.1) is 0 Å². The highest BCUT2D eigenvalue weighted by Gasteiger charge is 2.15. The van der Waals surface area contributed by atoms with Crippen molar-refractivity contribution in [3.05, 3.63) is 11.6 Å². The van der Waals surface area contributed by atoms with Crippen LogP contribution in [0.15, 0.2) is 11.6 Å². The molecule has 0 aromatic heterocycles. The first-order valence-corrected chi connectivity index (χ1v) is 5.07. The lowest BCUT2D eigenvalue weighted by molar-refractivity contribution is -0.114. The Bertz CT molecular complexity index is 179. The summed E-state index contributed by atoms with van der Waals surface area (Å²) < 4.78 is 0. The number of unbranched alkanes of at least 4 members (excludes halogenated alkanes) is 3. The molecule has 0 heterocycles. The van der Waals surface area contributed by atoms with Gasteiger partial charge in [-0.3, -0.25) is 4.79 Å². The quantitative estimate of drug-likeness (QED) is 0.463. The number of Topliss-reactive ketones (excluding diaryl/α,β-unsaturated/α-hetero) is 1. The molecule has 1 fully saturated rings. The summed E-state index contributed by atoms with van der Waals surface area (Å²) in [4.78, 5) is 11.2. The number of ketones is 1. The van der Waals surface area contributed by atoms with Crippen LogP contribution in [0.4, 0.5) is 0 Å². The zero-order valence-electron chi connectivity index (χ0n) is 7.94. The Morgan fingerprint density at radius 1 is 1.33 bits per heavy atom. The predicted octanol–water partition coefficient (Wildman–Crippen LogP) is 3.25. The van der Waals surface area contributed by atoms with Crippen LogP contribution in [-0.4, -0.2) is 5.78 Å². The summed E-state index contributed by atoms with van der Waals surface area (Å²) in [6.07, 6.45) is 9.96. The molecule has 0 aliphatic heterocycles. The molecule has 0 amide bonds. The first-order chi connectivity index (χ1) is 5.84. The summed E-state index contributed by atoms with van der Waals surface area (Å²) in [5, 5.41) is 0. The van der Waals surface area contributed by atoms with E-state index in [0.717, 1.165) is 31.3 Å². The fraction of sp³-hybridized carbons (Fsp3) is 0.727. The van der Waals surface area contributed by atoms with E-state index in [-0.39, 0.29) is 0 Å². The van der Waals surface area contributed by atoms with Crippen molar-refractivity contribution < 1.29 is 4.79 Å². The van der Waals surface area contributed by atoms with Crippen LogP contribution in [0.5, 0.6) is 0 Å². The summed E-state index contributed by atoms with van der Waals surface area (Å²) in [6.45, 7) is 2.20. The monoisotopic (exact) mass is 166 g/mol. The van der Waals surface area contributed by atoms with Crippen molar-refractivity contribution in [3.8, 4) is 0 Å². The number of carbonyl (C=O) groups excluding carboxylic acids is 1. The second kappa shape index (κ2) is 5.13. The van der Waals surface area contributed by atoms with E-state index in [1.807, 2.05) is 0 Å². The molecule has 0 spiro atoms. The van der Waals surface area contributed by atoms with Crippen LogP contribution in [0.25, 0.3) is 0 Å². The van der Waals surface area contributed by atoms with Crippen LogP contribution < -0.4 is 0 Å². The highest BCUT2D eigenvalue weighted by Crippen LogP contribution is 2.21. The first kappa shape index (κ1) is 9.50. The topological polar surface area (TPSA) is 17.1 Å². The highest BCUT2D eigenvalue weighted by atomic mass is 16.1. The average molecular weight is 166 g/mol. The highest BCUT2D eigenvalue weighted by molar-refractivity contribution is 5.97. The predicted molar refractivity (Wildman–Crippen MR) is 51.1 cm³/mol. The summed E-state index contributed by atoms with van der Waals surface area (Å²) in [5.74, 6) is 0.395. The average Bonchev–Trinajstić information content (AvgIpc) is 2.46. The van der Waals surface area contributed by atoms with Gasteiger partial charge in [-0.05, 0) is 31.3 Å². The van der Waals surface area contributed by atoms with Gasteiger partial charge in [0.15, 0.2) is 5.78 Å². The van der Waals surface area contributed by atoms with Crippen molar-refractivity contribution in [1.82, 2.24) is 0 Å². The maximum absolute atomic E-state index is 11.2. The van der Waals surface area contributed by atoms with Gasteiger partial charge >= 0.3 is 0 Å². The molecule has 0 aromatic rings. The lowest BCUT2D eigenvalue weighted by Crippen LogP contribution is -1.90. The molecule has 1 saturated carbocycles. The van der Waals surface area contributed by atoms with Gasteiger partial charge in [0.2, 0.25) is 0 Å². The largest absolute Gasteiger partial charge is 0.295 e. The van der Waals surface area contributed by atoms with Gasteiger partial charge in [-0.15, -0.1) is 0 Å². The summed E-state index contributed by atoms with van der Waals surface area (Å²) in [6, 6.07) is 0. The summed E-state index contributed by atoms with van der Waals surface area (Å²) in [5.41, 5.74) is 1.10. The second-order valence-electron chi connectivity index (χ2n) is 3.50. The Hall–Kier alpha value is -0.590. The van der Waals surface area contributed by atoms with E-state index in [2.05, 4.69) is 13.0 Å². The molecule has 1 nitrogen and oxygen atoms in total. The molecule has 0 bridgehead atoms. The number of carbonyl (C=O) groups is 1. The van der Waals surface area contributed by atoms with Crippen LogP contribution in [0.2, 0.25) is 0 Å². The van der Waals surface area contributed by atoms with E-state index in [1.54, 1.807) is 0 Å². The molecule has 1 aliphatic carbocycles. The number of allylic oxidation sites excluding steroid dienone is 2. The van der Waals surface area contributed by atoms with Gasteiger partial charge < -0.3 is 0 Å². The second-order valence-corrected chi connectivity index (χ2v) is 3.50. The molecule has 1 aliphatic rings. The van der Waals surface area contributed by atoms with Crippen molar-refractivity contribution in [1.29, 1.82) is 0 Å². The molecule has 0 unspecified atom stereocenters. The lowest BCUT2D eigenvalue weighted by atomic mass is 10.1. The molecule has 1 heteroatoms. The summed E-state index contributed by atoms with van der Waals surface area (Å²) >= 11 is 0. The fourth-order valence-electron chi connectivity index (χ4n) is 1.63. The van der Waals surface area contributed by atoms with E-state index in [1.165, 1.54) is 19.3 Å². The third kappa shape index (κ3) is 2.80. The Balaban J connectivity index is 2.22. The molecule has 0 atom stereocenters. The molecule has 0 radical (unpaired) electrons. The first-order valence-electron chi connectivity index (χ1n) is 5.07. The minimum atomic E-state index is 0.395. The van der Waals surface area contributed by atoms with Crippen LogP contribution in [-0.2, 0) is 4.79 Å². The van der Waals surface area contributed by atoms with Crippen LogP contribution >= 0.6 is 0 Å². The molecule has 0 N–H and O–H groups in total. The molecule has 0 aromatic carbocycles. The van der Waals surface area contributed by atoms with Crippen LogP contribution in [0, 0.1) is 0 Å². The fourth-order valence-corrected chi connectivity index (χ4v) is 1.63. The van der Waals surface area contributed by atoms with Gasteiger partial charge in [0, 0.05) is 6.42 Å². The normalized spacial score (nSPS) is 20.8. The Morgan fingerprint density at radius 3 is 2.75 bits per heavy atom. The van der Waals surface area contributed by atoms with Gasteiger partial charge in [0.25, 0.3) is 0 Å². The summed E-state index contributed by atoms with van der Waals surface area (Å²) in [7, 11) is 0. The van der Waals surface area contributed by atoms with Gasteiger partial charge in [-0.1, -0.05) is 25.8 Å². The van der Waals surface area contributed by atoms with E-state index < -0.39 is 0 Å². The Morgan fingerprint density at radius 2 is 2.17 bits per heavy atom. The van der Waals surface area contributed by atoms with E-state index in [9.17, 15) is 4.79 Å². The number of rotatable bonds is 4. The standard InChI is InChI=1S/C11H18O/c1-2-3-4-5-7-10-8-6-9-11(10)12/h7H,2-6,8-9H2,1H3/b10-7+. The number of hydrogen-bond acceptors (Lipinski definition) is 1. The van der Waals surface area contributed by atoms with Crippen molar-refractivity contribution in [2.45, 2.75) is 51.9 Å². The number of hydrogen-bond donors (Lipinski definition) is 0. The molecule has 0 saturated heterocycles. The molecule has 1 rings (SSSR count). The van der Waals surface area contributed by atoms with Crippen LogP contribution in [0.3, 0.4) is 0 Å². The zero-order valence-corrected chi connectivity index (χ0v) is 7.94. The molecular formula is C11H18O. The van der Waals surface area contributed by atoms with E-state index in [4.69, 9.17) is 0 Å². The zero-order chi connectivity index (χ0) is 8.81. The Kier molecular flexibility index (Phi) is 4.06. The van der Waals surface area contributed by atoms with Crippen molar-refractivity contribution in [3.63, 3.8) is 0 Å². The SMILES string of the molecule is CCCCC/C=C1\CCCC1=O. The van der Waals surface area contributed by atoms with Crippen LogP contribution in [0.1, 0.15) is 51.9 Å². The lowest BCUT2D eigenvalue weighted by Gasteiger charge is -1.95. The van der Waals surface area contributed by atoms with E-state index in [0.29, 0.717) is 5.78 Å². The minimum absolute atomic E-state index is 0.395. The third-order valence-corrected chi connectivity index (χ3v) is 2.41. The minimum Gasteiger partial charge on any atom is -0.295 e.